The number of allylic oxidation sites excluding steroid dienone is 14. The summed E-state index contributed by atoms with van der Waals surface area (Å²) in [6.45, 7) is 4.66. The van der Waals surface area contributed by atoms with Gasteiger partial charge in [0.05, 0.1) is 26.4 Å². The fraction of sp³-hybridized carbons (Fsp3) is 0.778. The zero-order chi connectivity index (χ0) is 73.2. The Balaban J connectivity index is 5.32. The Morgan fingerprint density at radius 1 is 0.290 bits per heavy atom. The molecule has 0 saturated carbocycles. The molecule has 0 saturated heterocycles. The average molecular weight is 1450 g/mol. The predicted molar refractivity (Wildman–Crippen MR) is 409 cm³/mol. The maximum atomic E-state index is 13.1. The third kappa shape index (κ3) is 72.6. The van der Waals surface area contributed by atoms with E-state index < -0.39 is 97.5 Å². The molecule has 0 aliphatic carbocycles. The number of hydrogen-bond donors (Lipinski definition) is 3. The van der Waals surface area contributed by atoms with E-state index in [0.717, 1.165) is 193 Å². The quantitative estimate of drug-likeness (QED) is 0.0169. The van der Waals surface area contributed by atoms with Gasteiger partial charge in [-0.05, 0) is 116 Å². The molecule has 17 nitrogen and oxygen atoms in total. The smallest absolute Gasteiger partial charge is 0.462 e. The van der Waals surface area contributed by atoms with Gasteiger partial charge in [-0.3, -0.25) is 37.3 Å². The average Bonchev–Trinajstić information content (AvgIpc) is 0.943. The normalized spacial score (nSPS) is 14.3. The van der Waals surface area contributed by atoms with Gasteiger partial charge < -0.3 is 33.8 Å². The van der Waals surface area contributed by atoms with Gasteiger partial charge in [0.2, 0.25) is 0 Å². The molecule has 0 rings (SSSR count). The molecule has 0 radical (unpaired) electrons. The van der Waals surface area contributed by atoms with Crippen LogP contribution in [0.3, 0.4) is 0 Å². The Morgan fingerprint density at radius 3 is 0.820 bits per heavy atom. The second-order valence-electron chi connectivity index (χ2n) is 26.6. The van der Waals surface area contributed by atoms with Gasteiger partial charge in [0, 0.05) is 25.7 Å². The number of aliphatic hydroxyl groups is 1. The van der Waals surface area contributed by atoms with Crippen LogP contribution in [0.5, 0.6) is 0 Å². The number of unbranched alkanes of at least 4 members (excludes halogenated alkanes) is 35. The van der Waals surface area contributed by atoms with Crippen LogP contribution in [-0.4, -0.2) is 96.7 Å². The third-order valence-electron chi connectivity index (χ3n) is 16.9. The van der Waals surface area contributed by atoms with Crippen molar-refractivity contribution in [3.05, 3.63) is 85.1 Å². The first-order valence-electron chi connectivity index (χ1n) is 39.8. The highest BCUT2D eigenvalue weighted by Gasteiger charge is 2.30. The predicted octanol–water partition coefficient (Wildman–Crippen LogP) is 23.0. The van der Waals surface area contributed by atoms with Gasteiger partial charge in [0.25, 0.3) is 0 Å². The fourth-order valence-electron chi connectivity index (χ4n) is 10.8. The molecule has 100 heavy (non-hydrogen) atoms. The van der Waals surface area contributed by atoms with Gasteiger partial charge in [-0.15, -0.1) is 0 Å². The van der Waals surface area contributed by atoms with E-state index in [1.54, 1.807) is 0 Å². The summed E-state index contributed by atoms with van der Waals surface area (Å²) in [5.74, 6) is -2.18. The molecule has 580 valence electrons. The van der Waals surface area contributed by atoms with Gasteiger partial charge in [-0.2, -0.15) is 0 Å². The van der Waals surface area contributed by atoms with E-state index in [2.05, 4.69) is 113 Å². The first kappa shape index (κ1) is 96.2. The molecular formula is C81H144O17P2. The molecule has 5 atom stereocenters. The van der Waals surface area contributed by atoms with Gasteiger partial charge in [-0.1, -0.05) is 293 Å². The summed E-state index contributed by atoms with van der Waals surface area (Å²) in [5.41, 5.74) is 0. The van der Waals surface area contributed by atoms with Crippen molar-refractivity contribution >= 4 is 39.5 Å². The number of hydrogen-bond acceptors (Lipinski definition) is 15. The summed E-state index contributed by atoms with van der Waals surface area (Å²) in [4.78, 5) is 73.0. The Morgan fingerprint density at radius 2 is 0.520 bits per heavy atom. The number of carbonyl (C=O) groups is 4. The van der Waals surface area contributed by atoms with Crippen molar-refractivity contribution in [2.75, 3.05) is 39.6 Å². The van der Waals surface area contributed by atoms with Crippen LogP contribution in [0.2, 0.25) is 0 Å². The molecule has 0 fully saturated rings. The number of phosphoric ester groups is 2. The number of aliphatic hydroxyl groups excluding tert-OH is 1. The van der Waals surface area contributed by atoms with Crippen molar-refractivity contribution in [3.63, 3.8) is 0 Å². The molecule has 0 aromatic carbocycles. The van der Waals surface area contributed by atoms with Crippen molar-refractivity contribution < 1.29 is 80.2 Å². The molecule has 0 aliphatic rings. The summed E-state index contributed by atoms with van der Waals surface area (Å²) >= 11 is 0. The summed E-state index contributed by atoms with van der Waals surface area (Å²) < 4.78 is 68.6. The highest BCUT2D eigenvalue weighted by Crippen LogP contribution is 2.45. The maximum absolute atomic E-state index is 13.1. The molecule has 0 heterocycles. The molecule has 0 spiro atoms. The second-order valence-corrected chi connectivity index (χ2v) is 29.5. The monoisotopic (exact) mass is 1450 g/mol. The highest BCUT2D eigenvalue weighted by atomic mass is 31.2. The van der Waals surface area contributed by atoms with Crippen molar-refractivity contribution in [3.8, 4) is 0 Å². The van der Waals surface area contributed by atoms with Crippen LogP contribution in [0.15, 0.2) is 85.1 Å². The van der Waals surface area contributed by atoms with E-state index in [4.69, 9.17) is 37.0 Å². The van der Waals surface area contributed by atoms with Crippen LogP contribution in [0.1, 0.15) is 349 Å². The largest absolute Gasteiger partial charge is 0.472 e. The van der Waals surface area contributed by atoms with E-state index >= 15 is 0 Å². The van der Waals surface area contributed by atoms with E-state index in [1.807, 2.05) is 0 Å². The molecular weight excluding hydrogens is 1310 g/mol. The van der Waals surface area contributed by atoms with E-state index in [-0.39, 0.29) is 25.7 Å². The van der Waals surface area contributed by atoms with Gasteiger partial charge in [0.1, 0.15) is 19.3 Å². The van der Waals surface area contributed by atoms with Crippen LogP contribution in [0, 0.1) is 0 Å². The molecule has 0 aliphatic heterocycles. The Labute approximate surface area is 608 Å². The lowest BCUT2D eigenvalue weighted by Gasteiger charge is -2.21. The number of carbonyl (C=O) groups excluding carboxylic acids is 4. The number of rotatable bonds is 75. The Kier molecular flexibility index (Phi) is 70.8. The lowest BCUT2D eigenvalue weighted by Crippen LogP contribution is -2.30. The first-order valence-corrected chi connectivity index (χ1v) is 42.8. The summed E-state index contributed by atoms with van der Waals surface area (Å²) in [6, 6.07) is 0. The maximum Gasteiger partial charge on any atom is 0.472 e. The minimum Gasteiger partial charge on any atom is -0.462 e. The molecule has 0 amide bonds. The minimum absolute atomic E-state index is 0.0846. The molecule has 3 N–H and O–H groups in total. The minimum atomic E-state index is -4.98. The van der Waals surface area contributed by atoms with Crippen LogP contribution >= 0.6 is 15.6 Å². The third-order valence-corrected chi connectivity index (χ3v) is 18.8. The summed E-state index contributed by atoms with van der Waals surface area (Å²) in [6.07, 6.45) is 75.6. The number of esters is 4. The van der Waals surface area contributed by atoms with Crippen LogP contribution < -0.4 is 0 Å². The Hall–Kier alpha value is -3.76. The molecule has 19 heteroatoms. The highest BCUT2D eigenvalue weighted by molar-refractivity contribution is 7.47. The molecule has 0 aromatic rings. The zero-order valence-electron chi connectivity index (χ0n) is 63.4. The zero-order valence-corrected chi connectivity index (χ0v) is 65.2. The standard InChI is InChI=1S/C81H144O17P2/c1-5-9-13-17-21-25-29-33-35-37-39-43-45-49-53-57-61-65-78(83)91-71-76(97-80(85)67-63-59-55-51-47-41-31-27-23-19-15-11-7-3)73-95-99(87,88)93-69-75(82)70-94-100(89,90)96-74-77(98-81(86)68-64-60-56-52-48-42-32-28-24-20-16-12-8-4)72-92-79(84)66-62-58-54-50-46-44-40-38-36-34-30-26-22-18-14-10-6-2/h9-10,13-14,21-22,25-27,31,33-36,75-77,82H,5-8,11-12,15-20,23-24,28-30,32,37-74H2,1-4H3,(H,87,88)(H,89,90)/b13-9-,14-10-,25-21-,26-22-,31-27-,35-33-,36-34-. The first-order chi connectivity index (χ1) is 48.7. The van der Waals surface area contributed by atoms with Crippen LogP contribution in [0.25, 0.3) is 0 Å². The summed E-state index contributed by atoms with van der Waals surface area (Å²) in [7, 11) is -9.95. The van der Waals surface area contributed by atoms with Crippen molar-refractivity contribution in [2.24, 2.45) is 0 Å². The van der Waals surface area contributed by atoms with Crippen molar-refractivity contribution in [1.29, 1.82) is 0 Å². The lowest BCUT2D eigenvalue weighted by atomic mass is 10.0. The van der Waals surface area contributed by atoms with Crippen LogP contribution in [-0.2, 0) is 65.4 Å². The Bertz CT molecular complexity index is 2230. The van der Waals surface area contributed by atoms with Gasteiger partial charge in [-0.25, -0.2) is 9.13 Å². The lowest BCUT2D eigenvalue weighted by molar-refractivity contribution is -0.161. The summed E-state index contributed by atoms with van der Waals surface area (Å²) in [5, 5.41) is 10.6. The van der Waals surface area contributed by atoms with Gasteiger partial charge in [0.15, 0.2) is 12.2 Å². The number of ether oxygens (including phenoxy) is 4. The van der Waals surface area contributed by atoms with E-state index in [9.17, 15) is 43.2 Å². The van der Waals surface area contributed by atoms with Gasteiger partial charge >= 0.3 is 39.5 Å². The molecule has 5 unspecified atom stereocenters. The SMILES string of the molecule is CC/C=C\C/C=C\C/C=C\CCCCCCCCCC(=O)OCC(COP(=O)(O)OCC(O)COP(=O)(O)OCC(COC(=O)CCCCCCCCC/C=C\C/C=C\C/C=C\CC)OC(=O)CCCCCCCCCCCCCCC)OC(=O)CCCCCCC/C=C\CCCCCC. The fourth-order valence-corrected chi connectivity index (χ4v) is 12.4. The molecule has 0 aromatic heterocycles. The van der Waals surface area contributed by atoms with E-state index in [0.29, 0.717) is 25.7 Å². The molecule has 0 bridgehead atoms. The van der Waals surface area contributed by atoms with Crippen LogP contribution in [0.4, 0.5) is 0 Å². The second kappa shape index (κ2) is 73.5. The van der Waals surface area contributed by atoms with Crippen molar-refractivity contribution in [2.45, 2.75) is 367 Å². The van der Waals surface area contributed by atoms with Crippen molar-refractivity contribution in [1.82, 2.24) is 0 Å². The topological polar surface area (TPSA) is 237 Å². The number of phosphoric acid groups is 2. The van der Waals surface area contributed by atoms with E-state index in [1.165, 1.54) is 77.0 Å².